The lowest BCUT2D eigenvalue weighted by Gasteiger charge is -2.28. The fraction of sp³-hybridized carbons (Fsp3) is 1.00. The molecule has 0 heterocycles. The number of ether oxygens (including phenoxy) is 1. The molecule has 2 heteroatoms. The SMILES string of the molecule is CCCNC(CCC1CCCCC1)C(C)CCOC. The van der Waals surface area contributed by atoms with Gasteiger partial charge >= 0.3 is 0 Å². The molecule has 0 aromatic rings. The lowest BCUT2D eigenvalue weighted by molar-refractivity contribution is 0.166. The number of hydrogen-bond donors (Lipinski definition) is 1. The second kappa shape index (κ2) is 10.7. The Morgan fingerprint density at radius 3 is 2.53 bits per heavy atom. The maximum absolute atomic E-state index is 5.23. The van der Waals surface area contributed by atoms with Crippen LogP contribution in [0.25, 0.3) is 0 Å². The Bertz CT molecular complexity index is 201. The zero-order chi connectivity index (χ0) is 13.9. The maximum atomic E-state index is 5.23. The Morgan fingerprint density at radius 1 is 1.16 bits per heavy atom. The molecule has 19 heavy (non-hydrogen) atoms. The van der Waals surface area contributed by atoms with E-state index < -0.39 is 0 Å². The van der Waals surface area contributed by atoms with Gasteiger partial charge in [0.25, 0.3) is 0 Å². The number of nitrogens with one attached hydrogen (secondary N) is 1. The van der Waals surface area contributed by atoms with Crippen LogP contribution in [0.5, 0.6) is 0 Å². The molecule has 0 aromatic heterocycles. The number of rotatable bonds is 10. The lowest BCUT2D eigenvalue weighted by Crippen LogP contribution is -2.36. The van der Waals surface area contributed by atoms with E-state index >= 15 is 0 Å². The highest BCUT2D eigenvalue weighted by atomic mass is 16.5. The maximum Gasteiger partial charge on any atom is 0.0465 e. The molecule has 114 valence electrons. The molecule has 0 spiro atoms. The minimum Gasteiger partial charge on any atom is -0.385 e. The standard InChI is InChI=1S/C17H35NO/c1-4-13-18-17(15(2)12-14-19-3)11-10-16-8-6-5-7-9-16/h15-18H,4-14H2,1-3H3. The van der Waals surface area contributed by atoms with Crippen molar-refractivity contribution < 1.29 is 4.74 Å². The summed E-state index contributed by atoms with van der Waals surface area (Å²) in [6, 6.07) is 0.692. The molecule has 2 unspecified atom stereocenters. The molecule has 2 nitrogen and oxygen atoms in total. The summed E-state index contributed by atoms with van der Waals surface area (Å²) >= 11 is 0. The largest absolute Gasteiger partial charge is 0.385 e. The molecule has 0 amide bonds. The van der Waals surface area contributed by atoms with Gasteiger partial charge in [-0.25, -0.2) is 0 Å². The van der Waals surface area contributed by atoms with E-state index in [2.05, 4.69) is 19.2 Å². The van der Waals surface area contributed by atoms with E-state index in [1.165, 1.54) is 57.8 Å². The van der Waals surface area contributed by atoms with Crippen LogP contribution in [0, 0.1) is 11.8 Å². The van der Waals surface area contributed by atoms with Gasteiger partial charge in [-0.2, -0.15) is 0 Å². The second-order valence-corrected chi connectivity index (χ2v) is 6.40. The Labute approximate surface area is 120 Å². The van der Waals surface area contributed by atoms with Gasteiger partial charge in [0.1, 0.15) is 0 Å². The summed E-state index contributed by atoms with van der Waals surface area (Å²) < 4.78 is 5.23. The molecule has 1 saturated carbocycles. The predicted octanol–water partition coefficient (Wildman–Crippen LogP) is 4.39. The van der Waals surface area contributed by atoms with Crippen molar-refractivity contribution in [3.63, 3.8) is 0 Å². The highest BCUT2D eigenvalue weighted by Crippen LogP contribution is 2.28. The van der Waals surface area contributed by atoms with E-state index in [-0.39, 0.29) is 0 Å². The van der Waals surface area contributed by atoms with Gasteiger partial charge in [-0.05, 0) is 44.1 Å². The summed E-state index contributed by atoms with van der Waals surface area (Å²) in [5.41, 5.74) is 0. The summed E-state index contributed by atoms with van der Waals surface area (Å²) in [5.74, 6) is 1.74. The third kappa shape index (κ3) is 7.31. The van der Waals surface area contributed by atoms with Crippen molar-refractivity contribution in [2.24, 2.45) is 11.8 Å². The van der Waals surface area contributed by atoms with Crippen LogP contribution in [0.1, 0.15) is 71.6 Å². The lowest BCUT2D eigenvalue weighted by atomic mass is 9.83. The van der Waals surface area contributed by atoms with Crippen LogP contribution in [0.3, 0.4) is 0 Å². The summed E-state index contributed by atoms with van der Waals surface area (Å²) in [6.07, 6.45) is 12.6. The first-order chi connectivity index (χ1) is 9.27. The molecule has 1 aliphatic rings. The smallest absolute Gasteiger partial charge is 0.0465 e. The molecule has 1 N–H and O–H groups in total. The van der Waals surface area contributed by atoms with Crippen molar-refractivity contribution in [1.29, 1.82) is 0 Å². The van der Waals surface area contributed by atoms with E-state index in [4.69, 9.17) is 4.74 Å². The molecule has 1 aliphatic carbocycles. The molecule has 0 saturated heterocycles. The Morgan fingerprint density at radius 2 is 1.89 bits per heavy atom. The molecule has 0 aromatic carbocycles. The van der Waals surface area contributed by atoms with Gasteiger partial charge in [-0.3, -0.25) is 0 Å². The van der Waals surface area contributed by atoms with E-state index in [1.54, 1.807) is 0 Å². The molecule has 2 atom stereocenters. The second-order valence-electron chi connectivity index (χ2n) is 6.40. The zero-order valence-electron chi connectivity index (χ0n) is 13.4. The average molecular weight is 269 g/mol. The minimum atomic E-state index is 0.692. The molecule has 1 fully saturated rings. The van der Waals surface area contributed by atoms with Crippen LogP contribution in [0.15, 0.2) is 0 Å². The monoisotopic (exact) mass is 269 g/mol. The normalized spacial score (nSPS) is 20.4. The Balaban J connectivity index is 2.29. The van der Waals surface area contributed by atoms with E-state index in [9.17, 15) is 0 Å². The van der Waals surface area contributed by atoms with Crippen LogP contribution < -0.4 is 5.32 Å². The van der Waals surface area contributed by atoms with Gasteiger partial charge in [-0.1, -0.05) is 46.0 Å². The minimum absolute atomic E-state index is 0.692. The molecule has 0 aliphatic heterocycles. The van der Waals surface area contributed by atoms with Gasteiger partial charge in [0.15, 0.2) is 0 Å². The van der Waals surface area contributed by atoms with Gasteiger partial charge in [0.05, 0.1) is 0 Å². The van der Waals surface area contributed by atoms with Crippen LogP contribution in [-0.2, 0) is 4.74 Å². The fourth-order valence-corrected chi connectivity index (χ4v) is 3.31. The first kappa shape index (κ1) is 17.0. The van der Waals surface area contributed by atoms with E-state index in [1.807, 2.05) is 7.11 Å². The van der Waals surface area contributed by atoms with Crippen molar-refractivity contribution in [2.75, 3.05) is 20.3 Å². The Hall–Kier alpha value is -0.0800. The zero-order valence-corrected chi connectivity index (χ0v) is 13.4. The van der Waals surface area contributed by atoms with Crippen LogP contribution in [0.4, 0.5) is 0 Å². The average Bonchev–Trinajstić information content (AvgIpc) is 2.46. The van der Waals surface area contributed by atoms with Gasteiger partial charge in [-0.15, -0.1) is 0 Å². The van der Waals surface area contributed by atoms with Crippen molar-refractivity contribution in [2.45, 2.75) is 77.7 Å². The van der Waals surface area contributed by atoms with Crippen LogP contribution in [0.2, 0.25) is 0 Å². The van der Waals surface area contributed by atoms with Crippen molar-refractivity contribution in [3.8, 4) is 0 Å². The van der Waals surface area contributed by atoms with E-state index in [0.29, 0.717) is 6.04 Å². The predicted molar refractivity (Wildman–Crippen MR) is 83.5 cm³/mol. The van der Waals surface area contributed by atoms with Crippen molar-refractivity contribution in [3.05, 3.63) is 0 Å². The van der Waals surface area contributed by atoms with Crippen LogP contribution >= 0.6 is 0 Å². The highest BCUT2D eigenvalue weighted by molar-refractivity contribution is 4.76. The quantitative estimate of drug-likeness (QED) is 0.635. The number of methoxy groups -OCH3 is 1. The van der Waals surface area contributed by atoms with Crippen molar-refractivity contribution >= 4 is 0 Å². The summed E-state index contributed by atoms with van der Waals surface area (Å²) in [5, 5.41) is 3.76. The van der Waals surface area contributed by atoms with Gasteiger partial charge in [0, 0.05) is 19.8 Å². The third-order valence-electron chi connectivity index (χ3n) is 4.73. The van der Waals surface area contributed by atoms with E-state index in [0.717, 1.165) is 25.0 Å². The van der Waals surface area contributed by atoms with Gasteiger partial charge in [0.2, 0.25) is 0 Å². The first-order valence-corrected chi connectivity index (χ1v) is 8.50. The third-order valence-corrected chi connectivity index (χ3v) is 4.73. The molecule has 0 radical (unpaired) electrons. The topological polar surface area (TPSA) is 21.3 Å². The van der Waals surface area contributed by atoms with Crippen LogP contribution in [-0.4, -0.2) is 26.3 Å². The Kier molecular flexibility index (Phi) is 9.54. The highest BCUT2D eigenvalue weighted by Gasteiger charge is 2.19. The van der Waals surface area contributed by atoms with Crippen molar-refractivity contribution in [1.82, 2.24) is 5.32 Å². The number of hydrogen-bond acceptors (Lipinski definition) is 2. The summed E-state index contributed by atoms with van der Waals surface area (Å²) in [7, 11) is 1.81. The summed E-state index contributed by atoms with van der Waals surface area (Å²) in [6.45, 7) is 6.69. The summed E-state index contributed by atoms with van der Waals surface area (Å²) in [4.78, 5) is 0. The molecular formula is C17H35NO. The molecule has 0 bridgehead atoms. The molecule has 1 rings (SSSR count). The first-order valence-electron chi connectivity index (χ1n) is 8.50. The van der Waals surface area contributed by atoms with Gasteiger partial charge < -0.3 is 10.1 Å². The molecular weight excluding hydrogens is 234 g/mol. The fourth-order valence-electron chi connectivity index (χ4n) is 3.31.